The quantitative estimate of drug-likeness (QED) is 0.259. The molecule has 3 aromatic carbocycles. The number of methoxy groups -OCH3 is 3. The molecule has 212 valence electrons. The first-order chi connectivity index (χ1) is 19.8. The fourth-order valence-electron chi connectivity index (χ4n) is 5.81. The van der Waals surface area contributed by atoms with E-state index in [1.54, 1.807) is 21.3 Å². The van der Waals surface area contributed by atoms with Crippen molar-refractivity contribution < 1.29 is 28.5 Å². The number of allylic oxidation sites excluding steroid dienone is 2. The van der Waals surface area contributed by atoms with Gasteiger partial charge < -0.3 is 18.9 Å². The van der Waals surface area contributed by atoms with E-state index in [0.717, 1.165) is 21.2 Å². The Kier molecular flexibility index (Phi) is 8.59. The van der Waals surface area contributed by atoms with Gasteiger partial charge in [-0.25, -0.2) is 0 Å². The minimum atomic E-state index is -0.776. The molecule has 1 heterocycles. The topological polar surface area (TPSA) is 83.4 Å². The van der Waals surface area contributed by atoms with E-state index in [9.17, 15) is 9.59 Å². The molecule has 0 aromatic heterocycles. The number of aliphatic imine (C=N–C) groups is 1. The van der Waals surface area contributed by atoms with Gasteiger partial charge in [0.1, 0.15) is 18.3 Å². The molecule has 0 amide bonds. The van der Waals surface area contributed by atoms with Crippen LogP contribution < -0.4 is 14.2 Å². The van der Waals surface area contributed by atoms with Crippen molar-refractivity contribution in [1.82, 2.24) is 0 Å². The highest BCUT2D eigenvalue weighted by atomic mass is 79.9. The number of carbonyl (C=O) groups is 2. The zero-order valence-corrected chi connectivity index (χ0v) is 25.1. The summed E-state index contributed by atoms with van der Waals surface area (Å²) >= 11 is 3.57. The molecule has 0 radical (unpaired) electrons. The first-order valence-electron chi connectivity index (χ1n) is 13.4. The highest BCUT2D eigenvalue weighted by Crippen LogP contribution is 2.49. The summed E-state index contributed by atoms with van der Waals surface area (Å²) < 4.78 is 23.3. The summed E-state index contributed by atoms with van der Waals surface area (Å²) in [5, 5.41) is 0. The number of esters is 1. The van der Waals surface area contributed by atoms with Crippen LogP contribution in [0.3, 0.4) is 0 Å². The van der Waals surface area contributed by atoms with Gasteiger partial charge in [-0.15, -0.1) is 0 Å². The van der Waals surface area contributed by atoms with Crippen molar-refractivity contribution in [2.24, 2.45) is 10.9 Å². The van der Waals surface area contributed by atoms with Crippen molar-refractivity contribution >= 4 is 33.4 Å². The molecule has 3 aromatic rings. The molecule has 8 heteroatoms. The van der Waals surface area contributed by atoms with Gasteiger partial charge in [-0.05, 0) is 60.7 Å². The molecule has 0 bridgehead atoms. The monoisotopic (exact) mass is 617 g/mol. The second-order valence-electron chi connectivity index (χ2n) is 10.2. The molecule has 0 saturated heterocycles. The normalized spacial score (nSPS) is 20.2. The van der Waals surface area contributed by atoms with Crippen molar-refractivity contribution in [3.63, 3.8) is 0 Å². The van der Waals surface area contributed by atoms with Crippen molar-refractivity contribution in [3.8, 4) is 17.2 Å². The Morgan fingerprint density at radius 1 is 0.902 bits per heavy atom. The van der Waals surface area contributed by atoms with Crippen LogP contribution in [0.2, 0.25) is 0 Å². The standard InChI is InChI=1S/C33H32BrNO6/c1-19-30(33(37)41-18-20-8-6-5-7-9-20)31(24-17-23(34)11-13-27(24)38-2)32-25(35-19)14-22(15-26(32)36)21-10-12-28(39-3)29(16-21)40-4/h5-13,16-17,22,30-31H,14-15,18H2,1-4H3/t22-,30?,31+/m1/s1. The summed E-state index contributed by atoms with van der Waals surface area (Å²) in [6, 6.07) is 20.9. The minimum Gasteiger partial charge on any atom is -0.496 e. The molecule has 0 saturated carbocycles. The summed E-state index contributed by atoms with van der Waals surface area (Å²) in [6.07, 6.45) is 0.827. The average molecular weight is 619 g/mol. The number of ketones is 1. The van der Waals surface area contributed by atoms with Gasteiger partial charge in [-0.1, -0.05) is 52.3 Å². The van der Waals surface area contributed by atoms with Crippen LogP contribution in [0.5, 0.6) is 17.2 Å². The number of hydrogen-bond acceptors (Lipinski definition) is 7. The van der Waals surface area contributed by atoms with Crippen LogP contribution in [0.15, 0.2) is 87.5 Å². The first kappa shape index (κ1) is 28.6. The molecule has 3 atom stereocenters. The molecular weight excluding hydrogens is 586 g/mol. The van der Waals surface area contributed by atoms with E-state index >= 15 is 0 Å². The zero-order chi connectivity index (χ0) is 29.1. The van der Waals surface area contributed by atoms with Crippen LogP contribution in [0.1, 0.15) is 48.3 Å². The fourth-order valence-corrected chi connectivity index (χ4v) is 6.19. The highest BCUT2D eigenvalue weighted by Gasteiger charge is 2.46. The number of halogens is 1. The molecule has 1 aliphatic heterocycles. The second kappa shape index (κ2) is 12.3. The Labute approximate surface area is 248 Å². The molecule has 0 spiro atoms. The lowest BCUT2D eigenvalue weighted by atomic mass is 9.69. The smallest absolute Gasteiger partial charge is 0.315 e. The van der Waals surface area contributed by atoms with Gasteiger partial charge in [0.25, 0.3) is 0 Å². The maximum atomic E-state index is 14.0. The van der Waals surface area contributed by atoms with Crippen LogP contribution in [0.4, 0.5) is 0 Å². The zero-order valence-electron chi connectivity index (χ0n) is 23.5. The first-order valence-corrected chi connectivity index (χ1v) is 14.2. The lowest BCUT2D eigenvalue weighted by Gasteiger charge is -2.37. The molecular formula is C33H32BrNO6. The van der Waals surface area contributed by atoms with E-state index in [0.29, 0.717) is 40.7 Å². The van der Waals surface area contributed by atoms with E-state index in [1.165, 1.54) is 0 Å². The Morgan fingerprint density at radius 3 is 2.32 bits per heavy atom. The van der Waals surface area contributed by atoms with Crippen molar-refractivity contribution in [2.75, 3.05) is 21.3 Å². The van der Waals surface area contributed by atoms with Crippen molar-refractivity contribution in [2.45, 2.75) is 38.2 Å². The number of benzene rings is 3. The van der Waals surface area contributed by atoms with Gasteiger partial charge in [-0.2, -0.15) is 0 Å². The number of nitrogens with zero attached hydrogens (tertiary/aromatic N) is 1. The second-order valence-corrected chi connectivity index (χ2v) is 11.1. The summed E-state index contributed by atoms with van der Waals surface area (Å²) in [6.45, 7) is 1.97. The third-order valence-corrected chi connectivity index (χ3v) is 8.27. The number of ether oxygens (including phenoxy) is 4. The van der Waals surface area contributed by atoms with Gasteiger partial charge in [0.2, 0.25) is 0 Å². The summed E-state index contributed by atoms with van der Waals surface area (Å²) in [5.74, 6) is -0.111. The SMILES string of the molecule is COc1ccc([C@H]2CC(=O)C3=C(C2)N=C(C)C(C(=O)OCc2ccccc2)[C@@H]3c2cc(Br)ccc2OC)cc1OC. The van der Waals surface area contributed by atoms with Gasteiger partial charge in [0, 0.05) is 39.4 Å². The predicted molar refractivity (Wildman–Crippen MR) is 160 cm³/mol. The lowest BCUT2D eigenvalue weighted by molar-refractivity contribution is -0.148. The molecule has 41 heavy (non-hydrogen) atoms. The number of rotatable bonds is 8. The average Bonchev–Trinajstić information content (AvgIpc) is 2.99. The Balaban J connectivity index is 1.55. The van der Waals surface area contributed by atoms with E-state index in [-0.39, 0.29) is 24.7 Å². The highest BCUT2D eigenvalue weighted by molar-refractivity contribution is 9.10. The maximum absolute atomic E-state index is 14.0. The third-order valence-electron chi connectivity index (χ3n) is 7.77. The van der Waals surface area contributed by atoms with E-state index in [1.807, 2.05) is 73.7 Å². The predicted octanol–water partition coefficient (Wildman–Crippen LogP) is 6.79. The lowest BCUT2D eigenvalue weighted by Crippen LogP contribution is -2.38. The van der Waals surface area contributed by atoms with E-state index in [2.05, 4.69) is 15.9 Å². The van der Waals surface area contributed by atoms with E-state index < -0.39 is 17.8 Å². The van der Waals surface area contributed by atoms with E-state index in [4.69, 9.17) is 23.9 Å². The third kappa shape index (κ3) is 5.79. The van der Waals surface area contributed by atoms with Crippen molar-refractivity contribution in [3.05, 3.63) is 99.2 Å². The largest absolute Gasteiger partial charge is 0.496 e. The summed E-state index contributed by atoms with van der Waals surface area (Å²) in [7, 11) is 4.77. The molecule has 0 fully saturated rings. The van der Waals surface area contributed by atoms with Gasteiger partial charge >= 0.3 is 5.97 Å². The van der Waals surface area contributed by atoms with Crippen LogP contribution in [-0.2, 0) is 20.9 Å². The van der Waals surface area contributed by atoms with Crippen molar-refractivity contribution in [1.29, 1.82) is 0 Å². The Hall–Kier alpha value is -3.91. The minimum absolute atomic E-state index is 0.0461. The van der Waals surface area contributed by atoms with Crippen LogP contribution in [-0.4, -0.2) is 38.8 Å². The van der Waals surface area contributed by atoms with Crippen LogP contribution in [0.25, 0.3) is 0 Å². The van der Waals surface area contributed by atoms with Gasteiger partial charge in [0.05, 0.1) is 21.3 Å². The molecule has 2 aliphatic rings. The number of Topliss-reactive ketones (excluding diaryl/α,β-unsaturated/α-hetero) is 1. The fraction of sp³-hybridized carbons (Fsp3) is 0.303. The molecule has 5 rings (SSSR count). The maximum Gasteiger partial charge on any atom is 0.315 e. The van der Waals surface area contributed by atoms with Gasteiger partial charge in [-0.3, -0.25) is 14.6 Å². The van der Waals surface area contributed by atoms with Crippen LogP contribution >= 0.6 is 15.9 Å². The molecule has 1 aliphatic carbocycles. The summed E-state index contributed by atoms with van der Waals surface area (Å²) in [4.78, 5) is 32.6. The summed E-state index contributed by atoms with van der Waals surface area (Å²) in [5.41, 5.74) is 4.44. The number of hydrogen-bond donors (Lipinski definition) is 0. The van der Waals surface area contributed by atoms with Crippen LogP contribution in [0, 0.1) is 5.92 Å². The molecule has 7 nitrogen and oxygen atoms in total. The Bertz CT molecular complexity index is 1530. The molecule has 1 unspecified atom stereocenters. The molecule has 0 N–H and O–H groups in total. The Morgan fingerprint density at radius 2 is 1.61 bits per heavy atom. The number of carbonyl (C=O) groups excluding carboxylic acids is 2. The van der Waals surface area contributed by atoms with Gasteiger partial charge in [0.15, 0.2) is 17.3 Å².